The van der Waals surface area contributed by atoms with Crippen molar-refractivity contribution >= 4 is 43.4 Å². The molecule has 3 aromatic rings. The number of anilines is 1. The van der Waals surface area contributed by atoms with Gasteiger partial charge in [-0.3, -0.25) is 0 Å². The van der Waals surface area contributed by atoms with Gasteiger partial charge in [-0.2, -0.15) is 0 Å². The SMILES string of the molecule is CC(C)(C)OC(=O)N1CCN(c2ccc(Oc3nc(-c4cc(Cl)cc(Cl)c4)cc(CO[Si](C)(C)C(C)(C)C)c3F)cn2)CC1. The number of pyridine rings is 2. The number of hydrogen-bond donors (Lipinski definition) is 0. The normalized spacial score (nSPS) is 14.5. The van der Waals surface area contributed by atoms with Gasteiger partial charge >= 0.3 is 6.09 Å². The van der Waals surface area contributed by atoms with Gasteiger partial charge in [-0.15, -0.1) is 0 Å². The first-order valence-electron chi connectivity index (χ1n) is 14.6. The highest BCUT2D eigenvalue weighted by Crippen LogP contribution is 2.38. The highest BCUT2D eigenvalue weighted by atomic mass is 35.5. The molecule has 0 bridgehead atoms. The fraction of sp³-hybridized carbons (Fsp3) is 0.469. The van der Waals surface area contributed by atoms with Gasteiger partial charge in [0.2, 0.25) is 0 Å². The van der Waals surface area contributed by atoms with Crippen LogP contribution in [0, 0.1) is 5.82 Å². The molecular formula is C32H41Cl2FN4O4Si. The summed E-state index contributed by atoms with van der Waals surface area (Å²) in [5.41, 5.74) is 0.851. The molecule has 0 radical (unpaired) electrons. The number of ether oxygens (including phenoxy) is 2. The van der Waals surface area contributed by atoms with Gasteiger partial charge in [-0.05, 0) is 75.3 Å². The predicted octanol–water partition coefficient (Wildman–Crippen LogP) is 8.96. The van der Waals surface area contributed by atoms with E-state index in [1.165, 1.54) is 6.20 Å². The number of aromatic nitrogens is 2. The number of rotatable bonds is 7. The first kappa shape index (κ1) is 34.0. The Labute approximate surface area is 270 Å². The van der Waals surface area contributed by atoms with E-state index in [1.807, 2.05) is 20.8 Å². The standard InChI is InChI=1S/C32H41Cl2FN4O4Si/c1-31(2,3)43-30(40)39-13-11-38(12-14-39)27-10-9-25(19-36-27)42-29-28(35)22(20-41-44(7,8)32(4,5)6)17-26(37-29)21-15-23(33)18-24(34)16-21/h9-10,15-19H,11-14,20H2,1-8H3. The van der Waals surface area contributed by atoms with Crippen LogP contribution in [0.2, 0.25) is 28.2 Å². The van der Waals surface area contributed by atoms with E-state index >= 15 is 4.39 Å². The van der Waals surface area contributed by atoms with Gasteiger partial charge in [0, 0.05) is 47.4 Å². The fourth-order valence-electron chi connectivity index (χ4n) is 4.23. The number of halogens is 3. The molecule has 1 amide bonds. The Kier molecular flexibility index (Phi) is 10.2. The summed E-state index contributed by atoms with van der Waals surface area (Å²) in [7, 11) is -2.17. The van der Waals surface area contributed by atoms with Crippen molar-refractivity contribution < 1.29 is 23.1 Å². The first-order chi connectivity index (χ1) is 20.4. The summed E-state index contributed by atoms with van der Waals surface area (Å²) >= 11 is 12.5. The van der Waals surface area contributed by atoms with Crippen molar-refractivity contribution in [2.45, 2.75) is 71.9 Å². The lowest BCUT2D eigenvalue weighted by Crippen LogP contribution is -2.50. The van der Waals surface area contributed by atoms with Crippen LogP contribution in [0.4, 0.5) is 15.0 Å². The number of nitrogens with zero attached hydrogens (tertiary/aromatic N) is 4. The van der Waals surface area contributed by atoms with Crippen LogP contribution in [0.5, 0.6) is 11.6 Å². The van der Waals surface area contributed by atoms with Gasteiger partial charge in [0.15, 0.2) is 14.1 Å². The van der Waals surface area contributed by atoms with Gasteiger partial charge in [-0.1, -0.05) is 44.0 Å². The highest BCUT2D eigenvalue weighted by molar-refractivity contribution is 6.74. The van der Waals surface area contributed by atoms with Crippen molar-refractivity contribution in [3.8, 4) is 22.9 Å². The van der Waals surface area contributed by atoms with Gasteiger partial charge in [0.05, 0.1) is 18.5 Å². The lowest BCUT2D eigenvalue weighted by atomic mass is 10.1. The molecule has 0 N–H and O–H groups in total. The largest absolute Gasteiger partial charge is 0.444 e. The van der Waals surface area contributed by atoms with Crippen molar-refractivity contribution in [3.05, 3.63) is 64.0 Å². The molecule has 8 nitrogen and oxygen atoms in total. The van der Waals surface area contributed by atoms with Gasteiger partial charge in [0.1, 0.15) is 17.2 Å². The molecular weight excluding hydrogens is 622 g/mol. The van der Waals surface area contributed by atoms with Crippen LogP contribution in [0.15, 0.2) is 42.6 Å². The third-order valence-electron chi connectivity index (χ3n) is 7.75. The Morgan fingerprint density at radius 3 is 2.16 bits per heavy atom. The molecule has 12 heteroatoms. The van der Waals surface area contributed by atoms with E-state index < -0.39 is 19.7 Å². The molecule has 0 spiro atoms. The molecule has 0 saturated carbocycles. The van der Waals surface area contributed by atoms with E-state index in [9.17, 15) is 4.79 Å². The summed E-state index contributed by atoms with van der Waals surface area (Å²) in [6.45, 7) is 18.5. The zero-order chi connectivity index (χ0) is 32.4. The summed E-state index contributed by atoms with van der Waals surface area (Å²) in [6.07, 6.45) is 1.21. The van der Waals surface area contributed by atoms with E-state index in [1.54, 1.807) is 41.3 Å². The van der Waals surface area contributed by atoms with Gasteiger partial charge in [-0.25, -0.2) is 19.2 Å². The number of amides is 1. The Hall–Kier alpha value is -2.92. The Morgan fingerprint density at radius 1 is 0.977 bits per heavy atom. The average molecular weight is 664 g/mol. The minimum atomic E-state index is -2.17. The molecule has 238 valence electrons. The summed E-state index contributed by atoms with van der Waals surface area (Å²) in [5, 5.41) is 0.827. The average Bonchev–Trinajstić information content (AvgIpc) is 2.92. The molecule has 1 aliphatic rings. The maximum absolute atomic E-state index is 15.9. The molecule has 44 heavy (non-hydrogen) atoms. The van der Waals surface area contributed by atoms with E-state index in [0.29, 0.717) is 58.8 Å². The summed E-state index contributed by atoms with van der Waals surface area (Å²) in [4.78, 5) is 25.2. The fourth-order valence-corrected chi connectivity index (χ4v) is 5.70. The third-order valence-corrected chi connectivity index (χ3v) is 12.7. The Bertz CT molecular complexity index is 1470. The zero-order valence-electron chi connectivity index (χ0n) is 26.6. The van der Waals surface area contributed by atoms with Crippen molar-refractivity contribution in [3.63, 3.8) is 0 Å². The molecule has 0 unspecified atom stereocenters. The topological polar surface area (TPSA) is 77.0 Å². The molecule has 1 saturated heterocycles. The molecule has 3 heterocycles. The quantitative estimate of drug-likeness (QED) is 0.234. The van der Waals surface area contributed by atoms with Gasteiger partial charge in [0.25, 0.3) is 5.88 Å². The number of carbonyl (C=O) groups excluding carboxylic acids is 1. The molecule has 1 aromatic carbocycles. The summed E-state index contributed by atoms with van der Waals surface area (Å²) in [5.74, 6) is 0.237. The summed E-state index contributed by atoms with van der Waals surface area (Å²) < 4.78 is 33.7. The van der Waals surface area contributed by atoms with Crippen LogP contribution >= 0.6 is 23.2 Å². The minimum Gasteiger partial charge on any atom is -0.444 e. The van der Waals surface area contributed by atoms with Crippen molar-refractivity contribution in [1.29, 1.82) is 0 Å². The maximum atomic E-state index is 15.9. The third kappa shape index (κ3) is 8.62. The number of benzene rings is 1. The van der Waals surface area contributed by atoms with Gasteiger partial charge < -0.3 is 23.7 Å². The molecule has 1 fully saturated rings. The zero-order valence-corrected chi connectivity index (χ0v) is 29.1. The lowest BCUT2D eigenvalue weighted by Gasteiger charge is -2.36. The molecule has 4 rings (SSSR count). The monoisotopic (exact) mass is 662 g/mol. The van der Waals surface area contributed by atoms with Crippen LogP contribution in [0.3, 0.4) is 0 Å². The van der Waals surface area contributed by atoms with E-state index in [2.05, 4.69) is 48.7 Å². The highest BCUT2D eigenvalue weighted by Gasteiger charge is 2.37. The van der Waals surface area contributed by atoms with Crippen LogP contribution in [-0.4, -0.2) is 61.1 Å². The molecule has 0 aliphatic carbocycles. The second-order valence-corrected chi connectivity index (χ2v) is 19.1. The predicted molar refractivity (Wildman–Crippen MR) is 176 cm³/mol. The molecule has 2 aromatic heterocycles. The van der Waals surface area contributed by atoms with E-state index in [4.69, 9.17) is 37.1 Å². The van der Waals surface area contributed by atoms with Crippen molar-refractivity contribution in [2.24, 2.45) is 0 Å². The molecule has 0 atom stereocenters. The lowest BCUT2D eigenvalue weighted by molar-refractivity contribution is 0.0240. The molecule has 1 aliphatic heterocycles. The Morgan fingerprint density at radius 2 is 1.61 bits per heavy atom. The second-order valence-electron chi connectivity index (χ2n) is 13.4. The van der Waals surface area contributed by atoms with Crippen LogP contribution in [0.1, 0.15) is 47.1 Å². The van der Waals surface area contributed by atoms with E-state index in [0.717, 1.165) is 5.82 Å². The smallest absolute Gasteiger partial charge is 0.410 e. The van der Waals surface area contributed by atoms with Crippen LogP contribution in [0.25, 0.3) is 11.3 Å². The Balaban J connectivity index is 1.54. The maximum Gasteiger partial charge on any atom is 0.410 e. The van der Waals surface area contributed by atoms with Crippen LogP contribution in [-0.2, 0) is 15.8 Å². The summed E-state index contributed by atoms with van der Waals surface area (Å²) in [6, 6.07) is 10.2. The van der Waals surface area contributed by atoms with E-state index in [-0.39, 0.29) is 23.6 Å². The van der Waals surface area contributed by atoms with Crippen molar-refractivity contribution in [1.82, 2.24) is 14.9 Å². The number of carbonyl (C=O) groups is 1. The minimum absolute atomic E-state index is 0.0467. The second kappa shape index (κ2) is 13.2. The van der Waals surface area contributed by atoms with Crippen LogP contribution < -0.4 is 9.64 Å². The first-order valence-corrected chi connectivity index (χ1v) is 18.2. The van der Waals surface area contributed by atoms with Crippen molar-refractivity contribution in [2.75, 3.05) is 31.1 Å². The number of piperazine rings is 1. The number of hydrogen-bond acceptors (Lipinski definition) is 7.